The Morgan fingerprint density at radius 3 is 2.63 bits per heavy atom. The molecule has 0 aromatic heterocycles. The van der Waals surface area contributed by atoms with Crippen molar-refractivity contribution in [1.29, 1.82) is 0 Å². The lowest BCUT2D eigenvalue weighted by Crippen LogP contribution is -2.24. The van der Waals surface area contributed by atoms with Gasteiger partial charge in [-0.3, -0.25) is 9.59 Å². The fourth-order valence-electron chi connectivity index (χ4n) is 1.60. The number of hydrogen-bond donors (Lipinski definition) is 2. The predicted octanol–water partition coefficient (Wildman–Crippen LogP) is 1.38. The summed E-state index contributed by atoms with van der Waals surface area (Å²) in [6.45, 7) is 1.95. The maximum absolute atomic E-state index is 11.6. The topological polar surface area (TPSA) is 69.6 Å². The second-order valence-corrected chi connectivity index (χ2v) is 4.41. The van der Waals surface area contributed by atoms with Crippen LogP contribution < -0.4 is 5.32 Å². The summed E-state index contributed by atoms with van der Waals surface area (Å²) in [5, 5.41) is 11.5. The maximum Gasteiger partial charge on any atom is 0.224 e. The lowest BCUT2D eigenvalue weighted by atomic mass is 10.1. The Hall–Kier alpha value is -1.88. The molecule has 0 unspecified atom stereocenters. The summed E-state index contributed by atoms with van der Waals surface area (Å²) in [5.41, 5.74) is 1.59. The largest absolute Gasteiger partial charge is 0.396 e. The van der Waals surface area contributed by atoms with E-state index < -0.39 is 0 Å². The van der Waals surface area contributed by atoms with Crippen LogP contribution in [0.3, 0.4) is 0 Å². The van der Waals surface area contributed by atoms with Crippen LogP contribution in [0.2, 0.25) is 0 Å². The van der Waals surface area contributed by atoms with Gasteiger partial charge in [0.05, 0.1) is 0 Å². The SMILES string of the molecule is CC(=O)N(C)Cc1ccccc1NC(=O)CCCO. The minimum Gasteiger partial charge on any atom is -0.396 e. The molecule has 104 valence electrons. The zero-order chi connectivity index (χ0) is 14.3. The van der Waals surface area contributed by atoms with E-state index in [0.29, 0.717) is 18.7 Å². The van der Waals surface area contributed by atoms with Crippen molar-refractivity contribution in [2.24, 2.45) is 0 Å². The monoisotopic (exact) mass is 264 g/mol. The van der Waals surface area contributed by atoms with E-state index in [4.69, 9.17) is 5.11 Å². The second-order valence-electron chi connectivity index (χ2n) is 4.41. The molecule has 0 heterocycles. The highest BCUT2D eigenvalue weighted by Crippen LogP contribution is 2.17. The Balaban J connectivity index is 2.72. The van der Waals surface area contributed by atoms with Crippen LogP contribution >= 0.6 is 0 Å². The number of benzene rings is 1. The molecule has 0 aliphatic carbocycles. The average Bonchev–Trinajstić information content (AvgIpc) is 2.38. The van der Waals surface area contributed by atoms with Gasteiger partial charge in [0.2, 0.25) is 11.8 Å². The summed E-state index contributed by atoms with van der Waals surface area (Å²) >= 11 is 0. The van der Waals surface area contributed by atoms with Crippen molar-refractivity contribution in [2.45, 2.75) is 26.3 Å². The predicted molar refractivity (Wildman–Crippen MR) is 73.5 cm³/mol. The standard InChI is InChI=1S/C14H20N2O3/c1-11(18)16(2)10-12-6-3-4-7-13(12)15-14(19)8-5-9-17/h3-4,6-7,17H,5,8-10H2,1-2H3,(H,15,19). The van der Waals surface area contributed by atoms with Crippen LogP contribution in [-0.2, 0) is 16.1 Å². The van der Waals surface area contributed by atoms with Crippen LogP contribution in [0.5, 0.6) is 0 Å². The van der Waals surface area contributed by atoms with Gasteiger partial charge in [0, 0.05) is 39.2 Å². The normalized spacial score (nSPS) is 10.1. The molecule has 0 atom stereocenters. The highest BCUT2D eigenvalue weighted by Gasteiger charge is 2.09. The number of anilines is 1. The molecule has 5 heteroatoms. The minimum atomic E-state index is -0.132. The molecule has 2 N–H and O–H groups in total. The van der Waals surface area contributed by atoms with Crippen molar-refractivity contribution in [2.75, 3.05) is 19.0 Å². The van der Waals surface area contributed by atoms with Gasteiger partial charge in [-0.25, -0.2) is 0 Å². The van der Waals surface area contributed by atoms with Crippen molar-refractivity contribution < 1.29 is 14.7 Å². The van der Waals surface area contributed by atoms with Gasteiger partial charge in [0.1, 0.15) is 0 Å². The summed E-state index contributed by atoms with van der Waals surface area (Å²) in [6, 6.07) is 7.38. The van der Waals surface area contributed by atoms with Gasteiger partial charge in [0.15, 0.2) is 0 Å². The Kier molecular flexibility index (Phi) is 6.02. The van der Waals surface area contributed by atoms with Gasteiger partial charge < -0.3 is 15.3 Å². The van der Waals surface area contributed by atoms with Gasteiger partial charge in [-0.05, 0) is 18.1 Å². The first kappa shape index (κ1) is 15.2. The number of nitrogens with zero attached hydrogens (tertiary/aromatic N) is 1. The number of aliphatic hydroxyl groups excluding tert-OH is 1. The van der Waals surface area contributed by atoms with E-state index in [9.17, 15) is 9.59 Å². The molecule has 0 radical (unpaired) electrons. The highest BCUT2D eigenvalue weighted by atomic mass is 16.3. The third kappa shape index (κ3) is 5.09. The molecule has 1 aromatic rings. The van der Waals surface area contributed by atoms with Crippen LogP contribution in [0.15, 0.2) is 24.3 Å². The zero-order valence-corrected chi connectivity index (χ0v) is 11.3. The van der Waals surface area contributed by atoms with Crippen molar-refractivity contribution in [3.8, 4) is 0 Å². The Bertz CT molecular complexity index is 446. The fraction of sp³-hybridized carbons (Fsp3) is 0.429. The molecule has 19 heavy (non-hydrogen) atoms. The zero-order valence-electron chi connectivity index (χ0n) is 11.3. The summed E-state index contributed by atoms with van der Waals surface area (Å²) in [7, 11) is 1.71. The first-order valence-electron chi connectivity index (χ1n) is 6.25. The van der Waals surface area contributed by atoms with E-state index in [2.05, 4.69) is 5.32 Å². The van der Waals surface area contributed by atoms with E-state index in [1.807, 2.05) is 18.2 Å². The number of para-hydroxylation sites is 1. The van der Waals surface area contributed by atoms with E-state index in [0.717, 1.165) is 5.56 Å². The summed E-state index contributed by atoms with van der Waals surface area (Å²) < 4.78 is 0. The third-order valence-corrected chi connectivity index (χ3v) is 2.80. The molecule has 0 saturated heterocycles. The Morgan fingerprint density at radius 2 is 2.00 bits per heavy atom. The van der Waals surface area contributed by atoms with Crippen LogP contribution in [0.4, 0.5) is 5.69 Å². The van der Waals surface area contributed by atoms with Crippen LogP contribution in [0.25, 0.3) is 0 Å². The quantitative estimate of drug-likeness (QED) is 0.815. The molecule has 1 aromatic carbocycles. The molecular weight excluding hydrogens is 244 g/mol. The fourth-order valence-corrected chi connectivity index (χ4v) is 1.60. The van der Waals surface area contributed by atoms with E-state index >= 15 is 0 Å². The summed E-state index contributed by atoms with van der Waals surface area (Å²) in [4.78, 5) is 24.5. The number of amides is 2. The molecule has 5 nitrogen and oxygen atoms in total. The number of carbonyl (C=O) groups is 2. The van der Waals surface area contributed by atoms with Gasteiger partial charge >= 0.3 is 0 Å². The molecule has 0 spiro atoms. The van der Waals surface area contributed by atoms with Crippen molar-refractivity contribution in [3.05, 3.63) is 29.8 Å². The Morgan fingerprint density at radius 1 is 1.32 bits per heavy atom. The summed E-state index contributed by atoms with van der Waals surface area (Å²) in [6.07, 6.45) is 0.731. The van der Waals surface area contributed by atoms with E-state index in [1.54, 1.807) is 18.0 Å². The molecule has 0 saturated carbocycles. The number of nitrogens with one attached hydrogen (secondary N) is 1. The summed E-state index contributed by atoms with van der Waals surface area (Å²) in [5.74, 6) is -0.159. The van der Waals surface area contributed by atoms with Crippen LogP contribution in [-0.4, -0.2) is 35.5 Å². The number of hydrogen-bond acceptors (Lipinski definition) is 3. The molecule has 0 aliphatic heterocycles. The van der Waals surface area contributed by atoms with Gasteiger partial charge in [-0.15, -0.1) is 0 Å². The molecule has 0 aliphatic rings. The van der Waals surface area contributed by atoms with E-state index in [1.165, 1.54) is 6.92 Å². The number of carbonyl (C=O) groups excluding carboxylic acids is 2. The lowest BCUT2D eigenvalue weighted by molar-refractivity contribution is -0.128. The highest BCUT2D eigenvalue weighted by molar-refractivity contribution is 5.91. The minimum absolute atomic E-state index is 0.00212. The van der Waals surface area contributed by atoms with Gasteiger partial charge in [-0.2, -0.15) is 0 Å². The molecular formula is C14H20N2O3. The molecule has 0 bridgehead atoms. The average molecular weight is 264 g/mol. The van der Waals surface area contributed by atoms with Crippen molar-refractivity contribution in [1.82, 2.24) is 4.90 Å². The Labute approximate surface area is 113 Å². The van der Waals surface area contributed by atoms with Crippen molar-refractivity contribution >= 4 is 17.5 Å². The van der Waals surface area contributed by atoms with Gasteiger partial charge in [0.25, 0.3) is 0 Å². The number of aliphatic hydroxyl groups is 1. The van der Waals surface area contributed by atoms with E-state index in [-0.39, 0.29) is 24.8 Å². The molecule has 1 rings (SSSR count). The third-order valence-electron chi connectivity index (χ3n) is 2.80. The second kappa shape index (κ2) is 7.53. The maximum atomic E-state index is 11.6. The smallest absolute Gasteiger partial charge is 0.224 e. The lowest BCUT2D eigenvalue weighted by Gasteiger charge is -2.17. The number of rotatable bonds is 6. The van der Waals surface area contributed by atoms with Gasteiger partial charge in [-0.1, -0.05) is 18.2 Å². The van der Waals surface area contributed by atoms with Crippen molar-refractivity contribution in [3.63, 3.8) is 0 Å². The first-order valence-corrected chi connectivity index (χ1v) is 6.25. The van der Waals surface area contributed by atoms with Crippen LogP contribution in [0.1, 0.15) is 25.3 Å². The molecule has 2 amide bonds. The first-order chi connectivity index (χ1) is 9.04. The van der Waals surface area contributed by atoms with Crippen LogP contribution in [0, 0.1) is 0 Å². The molecule has 0 fully saturated rings.